The summed E-state index contributed by atoms with van der Waals surface area (Å²) in [5.74, 6) is 0.725. The van der Waals surface area contributed by atoms with Gasteiger partial charge in [0.25, 0.3) is 0 Å². The Morgan fingerprint density at radius 3 is 2.89 bits per heavy atom. The molecule has 0 spiro atoms. The first-order valence-corrected chi connectivity index (χ1v) is 7.87. The minimum absolute atomic E-state index is 0.725. The highest BCUT2D eigenvalue weighted by Crippen LogP contribution is 2.44. The Bertz CT molecular complexity index is 570. The summed E-state index contributed by atoms with van der Waals surface area (Å²) in [6.07, 6.45) is 2.63. The molecule has 0 unspecified atom stereocenters. The van der Waals surface area contributed by atoms with Crippen molar-refractivity contribution in [3.63, 3.8) is 0 Å². The summed E-state index contributed by atoms with van der Waals surface area (Å²) in [5, 5.41) is 4.61. The molecule has 0 amide bonds. The second-order valence-corrected chi connectivity index (χ2v) is 6.34. The molecule has 1 saturated carbocycles. The average molecular weight is 272 g/mol. The van der Waals surface area contributed by atoms with Gasteiger partial charge in [-0.2, -0.15) is 0 Å². The fourth-order valence-electron chi connectivity index (χ4n) is 2.31. The van der Waals surface area contributed by atoms with Crippen LogP contribution in [0.25, 0.3) is 10.6 Å². The zero-order valence-electron chi connectivity index (χ0n) is 11.6. The Labute approximate surface area is 118 Å². The Hall–Kier alpha value is -1.19. The molecule has 1 aliphatic carbocycles. The van der Waals surface area contributed by atoms with Crippen molar-refractivity contribution in [3.8, 4) is 10.6 Å². The number of rotatable bonds is 5. The monoisotopic (exact) mass is 272 g/mol. The lowest BCUT2D eigenvalue weighted by Crippen LogP contribution is -2.11. The molecular weight excluding hydrogens is 252 g/mol. The quantitative estimate of drug-likeness (QED) is 0.886. The van der Waals surface area contributed by atoms with Gasteiger partial charge in [0.05, 0.1) is 5.69 Å². The van der Waals surface area contributed by atoms with Crippen molar-refractivity contribution in [3.05, 3.63) is 40.4 Å². The summed E-state index contributed by atoms with van der Waals surface area (Å²) < 4.78 is 0. The molecular formula is C16H20N2S. The van der Waals surface area contributed by atoms with Crippen LogP contribution in [-0.4, -0.2) is 11.5 Å². The summed E-state index contributed by atoms with van der Waals surface area (Å²) in [5.41, 5.74) is 3.91. The summed E-state index contributed by atoms with van der Waals surface area (Å²) >= 11 is 1.86. The minimum Gasteiger partial charge on any atom is -0.312 e. The molecule has 1 aromatic carbocycles. The predicted molar refractivity (Wildman–Crippen MR) is 81.6 cm³/mol. The summed E-state index contributed by atoms with van der Waals surface area (Å²) in [4.78, 5) is 6.35. The average Bonchev–Trinajstić information content (AvgIpc) is 3.17. The topological polar surface area (TPSA) is 24.9 Å². The Morgan fingerprint density at radius 2 is 2.21 bits per heavy atom. The first-order valence-electron chi connectivity index (χ1n) is 7.05. The molecule has 0 atom stereocenters. The molecule has 100 valence electrons. The van der Waals surface area contributed by atoms with Gasteiger partial charge in [-0.25, -0.2) is 4.98 Å². The van der Waals surface area contributed by atoms with Crippen LogP contribution in [0.5, 0.6) is 0 Å². The van der Waals surface area contributed by atoms with Crippen molar-refractivity contribution in [2.24, 2.45) is 0 Å². The SMILES string of the molecule is CCNCc1sc(-c2cccc(C)c2)nc1C1CC1. The van der Waals surface area contributed by atoms with E-state index >= 15 is 0 Å². The van der Waals surface area contributed by atoms with Crippen molar-refractivity contribution in [2.75, 3.05) is 6.54 Å². The van der Waals surface area contributed by atoms with Crippen LogP contribution in [0.3, 0.4) is 0 Å². The molecule has 2 aromatic rings. The van der Waals surface area contributed by atoms with Gasteiger partial charge in [-0.3, -0.25) is 0 Å². The summed E-state index contributed by atoms with van der Waals surface area (Å²) in [6.45, 7) is 6.27. The van der Waals surface area contributed by atoms with Gasteiger partial charge >= 0.3 is 0 Å². The van der Waals surface area contributed by atoms with Crippen LogP contribution in [0, 0.1) is 6.92 Å². The van der Waals surface area contributed by atoms with Crippen molar-refractivity contribution < 1.29 is 0 Å². The molecule has 0 radical (unpaired) electrons. The number of nitrogens with zero attached hydrogens (tertiary/aromatic N) is 1. The highest BCUT2D eigenvalue weighted by atomic mass is 32.1. The van der Waals surface area contributed by atoms with Crippen LogP contribution in [0.1, 0.15) is 41.8 Å². The van der Waals surface area contributed by atoms with Crippen LogP contribution < -0.4 is 5.32 Å². The number of aryl methyl sites for hydroxylation is 1. The molecule has 1 aliphatic rings. The Kier molecular flexibility index (Phi) is 3.67. The van der Waals surface area contributed by atoms with Crippen molar-refractivity contribution in [1.29, 1.82) is 0 Å². The predicted octanol–water partition coefficient (Wildman–Crippen LogP) is 4.11. The lowest BCUT2D eigenvalue weighted by atomic mass is 10.1. The molecule has 3 rings (SSSR count). The standard InChI is InChI=1S/C16H20N2S/c1-3-17-10-14-15(12-7-8-12)18-16(19-14)13-6-4-5-11(2)9-13/h4-6,9,12,17H,3,7-8,10H2,1-2H3. The highest BCUT2D eigenvalue weighted by molar-refractivity contribution is 7.15. The van der Waals surface area contributed by atoms with Crippen LogP contribution in [0.4, 0.5) is 0 Å². The van der Waals surface area contributed by atoms with Gasteiger partial charge < -0.3 is 5.32 Å². The number of benzene rings is 1. The third-order valence-electron chi connectivity index (χ3n) is 3.49. The number of aromatic nitrogens is 1. The molecule has 1 N–H and O–H groups in total. The normalized spacial score (nSPS) is 14.8. The van der Waals surface area contributed by atoms with E-state index in [0.717, 1.165) is 19.0 Å². The van der Waals surface area contributed by atoms with E-state index in [0.29, 0.717) is 0 Å². The van der Waals surface area contributed by atoms with Crippen LogP contribution in [0.15, 0.2) is 24.3 Å². The minimum atomic E-state index is 0.725. The van der Waals surface area contributed by atoms with E-state index < -0.39 is 0 Å². The molecule has 0 aliphatic heterocycles. The molecule has 19 heavy (non-hydrogen) atoms. The number of hydrogen-bond acceptors (Lipinski definition) is 3. The lowest BCUT2D eigenvalue weighted by Gasteiger charge is -2.00. The van der Waals surface area contributed by atoms with Gasteiger partial charge in [0, 0.05) is 22.9 Å². The molecule has 2 nitrogen and oxygen atoms in total. The fraction of sp³-hybridized carbons (Fsp3) is 0.438. The van der Waals surface area contributed by atoms with Gasteiger partial charge in [0.15, 0.2) is 0 Å². The van der Waals surface area contributed by atoms with Gasteiger partial charge in [0.1, 0.15) is 5.01 Å². The number of nitrogens with one attached hydrogen (secondary N) is 1. The second kappa shape index (κ2) is 5.43. The number of hydrogen-bond donors (Lipinski definition) is 1. The molecule has 0 saturated heterocycles. The van der Waals surface area contributed by atoms with Crippen LogP contribution in [-0.2, 0) is 6.54 Å². The third-order valence-corrected chi connectivity index (χ3v) is 4.61. The molecule has 0 bridgehead atoms. The van der Waals surface area contributed by atoms with Gasteiger partial charge in [-0.15, -0.1) is 11.3 Å². The maximum atomic E-state index is 4.91. The van der Waals surface area contributed by atoms with E-state index in [-0.39, 0.29) is 0 Å². The third kappa shape index (κ3) is 2.88. The van der Waals surface area contributed by atoms with Crippen LogP contribution in [0.2, 0.25) is 0 Å². The Morgan fingerprint density at radius 1 is 1.37 bits per heavy atom. The molecule has 3 heteroatoms. The molecule has 1 heterocycles. The van der Waals surface area contributed by atoms with E-state index in [2.05, 4.69) is 43.4 Å². The maximum absolute atomic E-state index is 4.91. The summed E-state index contributed by atoms with van der Waals surface area (Å²) in [6, 6.07) is 8.65. The Balaban J connectivity index is 1.93. The number of thiazole rings is 1. The van der Waals surface area contributed by atoms with E-state index in [9.17, 15) is 0 Å². The van der Waals surface area contributed by atoms with Crippen molar-refractivity contribution >= 4 is 11.3 Å². The zero-order valence-corrected chi connectivity index (χ0v) is 12.4. The second-order valence-electron chi connectivity index (χ2n) is 5.25. The van der Waals surface area contributed by atoms with E-state index in [4.69, 9.17) is 4.98 Å². The van der Waals surface area contributed by atoms with Gasteiger partial charge in [-0.05, 0) is 32.4 Å². The first kappa shape index (κ1) is 12.8. The van der Waals surface area contributed by atoms with E-state index in [1.807, 2.05) is 11.3 Å². The molecule has 1 fully saturated rings. The summed E-state index contributed by atoms with van der Waals surface area (Å²) in [7, 11) is 0. The van der Waals surface area contributed by atoms with Gasteiger partial charge in [-0.1, -0.05) is 30.7 Å². The maximum Gasteiger partial charge on any atom is 0.123 e. The van der Waals surface area contributed by atoms with Gasteiger partial charge in [0.2, 0.25) is 0 Å². The van der Waals surface area contributed by atoms with E-state index in [1.165, 1.54) is 39.5 Å². The van der Waals surface area contributed by atoms with Crippen LogP contribution >= 0.6 is 11.3 Å². The highest BCUT2D eigenvalue weighted by Gasteiger charge is 2.29. The first-order chi connectivity index (χ1) is 9.28. The zero-order chi connectivity index (χ0) is 13.2. The van der Waals surface area contributed by atoms with Crippen molar-refractivity contribution in [2.45, 2.75) is 39.2 Å². The van der Waals surface area contributed by atoms with E-state index in [1.54, 1.807) is 0 Å². The molecule has 1 aromatic heterocycles. The van der Waals surface area contributed by atoms with Crippen molar-refractivity contribution in [1.82, 2.24) is 10.3 Å². The lowest BCUT2D eigenvalue weighted by molar-refractivity contribution is 0.727. The fourth-order valence-corrected chi connectivity index (χ4v) is 3.42. The smallest absolute Gasteiger partial charge is 0.123 e. The largest absolute Gasteiger partial charge is 0.312 e.